The van der Waals surface area contributed by atoms with Crippen LogP contribution in [0.3, 0.4) is 0 Å². The van der Waals surface area contributed by atoms with Gasteiger partial charge < -0.3 is 9.47 Å². The lowest BCUT2D eigenvalue weighted by atomic mass is 10.0. The Labute approximate surface area is 198 Å². The van der Waals surface area contributed by atoms with Crippen molar-refractivity contribution in [1.29, 1.82) is 0 Å². The molecule has 9 heteroatoms. The highest BCUT2D eigenvalue weighted by atomic mass is 35.5. The molecule has 3 rings (SSSR count). The maximum absolute atomic E-state index is 11.6. The second kappa shape index (κ2) is 11.5. The number of amidine groups is 1. The quantitative estimate of drug-likeness (QED) is 0.536. The van der Waals surface area contributed by atoms with Gasteiger partial charge >= 0.3 is 5.97 Å². The largest absolute Gasteiger partial charge is 0.495 e. The van der Waals surface area contributed by atoms with Gasteiger partial charge in [-0.15, -0.1) is 0 Å². The van der Waals surface area contributed by atoms with Gasteiger partial charge in [-0.25, -0.2) is 5.01 Å². The topological polar surface area (TPSA) is 66.4 Å². The molecular formula is C23H28Cl2N4O3. The molecule has 32 heavy (non-hydrogen) atoms. The number of rotatable bonds is 9. The highest BCUT2D eigenvalue weighted by molar-refractivity contribution is 6.32. The Morgan fingerprint density at radius 2 is 2.06 bits per heavy atom. The molecule has 0 fully saturated rings. The maximum atomic E-state index is 11.6. The van der Waals surface area contributed by atoms with Crippen LogP contribution in [-0.4, -0.2) is 49.2 Å². The van der Waals surface area contributed by atoms with Crippen molar-refractivity contribution < 1.29 is 14.3 Å². The van der Waals surface area contributed by atoms with Crippen LogP contribution in [0.5, 0.6) is 5.75 Å². The number of hydrogen-bond acceptors (Lipinski definition) is 6. The molecule has 1 aliphatic heterocycles. The number of esters is 1. The molecule has 0 radical (unpaired) electrons. The molecule has 0 amide bonds. The lowest BCUT2D eigenvalue weighted by Crippen LogP contribution is -2.54. The summed E-state index contributed by atoms with van der Waals surface area (Å²) in [5.74, 6) is 1.18. The van der Waals surface area contributed by atoms with E-state index in [2.05, 4.69) is 5.43 Å². The lowest BCUT2D eigenvalue weighted by molar-refractivity contribution is -0.143. The fourth-order valence-electron chi connectivity index (χ4n) is 3.40. The molecular weight excluding hydrogens is 451 g/mol. The van der Waals surface area contributed by atoms with E-state index in [1.165, 1.54) is 0 Å². The van der Waals surface area contributed by atoms with Crippen LogP contribution in [0.1, 0.15) is 36.5 Å². The van der Waals surface area contributed by atoms with Gasteiger partial charge in [0, 0.05) is 30.6 Å². The Kier molecular flexibility index (Phi) is 8.75. The number of aliphatic imine (C=N–C) groups is 1. The average molecular weight is 479 g/mol. The molecule has 1 aliphatic rings. The van der Waals surface area contributed by atoms with E-state index in [-0.39, 0.29) is 5.97 Å². The van der Waals surface area contributed by atoms with Gasteiger partial charge in [0.25, 0.3) is 0 Å². The maximum Gasteiger partial charge on any atom is 0.305 e. The monoisotopic (exact) mass is 478 g/mol. The third-order valence-corrected chi connectivity index (χ3v) is 5.63. The zero-order valence-electron chi connectivity index (χ0n) is 18.5. The Bertz CT molecular complexity index is 984. The summed E-state index contributed by atoms with van der Waals surface area (Å²) in [4.78, 5) is 16.4. The number of benzene rings is 2. The van der Waals surface area contributed by atoms with E-state index in [0.29, 0.717) is 54.9 Å². The van der Waals surface area contributed by atoms with E-state index in [1.807, 2.05) is 60.5 Å². The summed E-state index contributed by atoms with van der Waals surface area (Å²) in [5.41, 5.74) is 6.42. The van der Waals surface area contributed by atoms with Crippen LogP contribution in [0.4, 0.5) is 0 Å². The van der Waals surface area contributed by atoms with Gasteiger partial charge in [-0.2, -0.15) is 5.12 Å². The minimum absolute atomic E-state index is 0.173. The fraction of sp³-hybridized carbons (Fsp3) is 0.391. The van der Waals surface area contributed by atoms with Gasteiger partial charge in [0.05, 0.1) is 31.8 Å². The first kappa shape index (κ1) is 24.3. The van der Waals surface area contributed by atoms with Crippen molar-refractivity contribution in [1.82, 2.24) is 15.6 Å². The molecule has 7 nitrogen and oxygen atoms in total. The first-order valence-corrected chi connectivity index (χ1v) is 11.2. The van der Waals surface area contributed by atoms with E-state index in [1.54, 1.807) is 7.11 Å². The number of carbonyl (C=O) groups is 1. The average Bonchev–Trinajstić information content (AvgIpc) is 2.77. The summed E-state index contributed by atoms with van der Waals surface area (Å²) >= 11 is 12.5. The highest BCUT2D eigenvalue weighted by Gasteiger charge is 2.24. The number of carbonyl (C=O) groups excluding carboxylic acids is 1. The summed E-state index contributed by atoms with van der Waals surface area (Å²) in [5, 5.41) is 5.23. The van der Waals surface area contributed by atoms with Crippen LogP contribution in [0.25, 0.3) is 0 Å². The minimum Gasteiger partial charge on any atom is -0.495 e. The third kappa shape index (κ3) is 6.36. The molecule has 0 aromatic heterocycles. The van der Waals surface area contributed by atoms with Crippen molar-refractivity contribution in [2.75, 3.05) is 27.3 Å². The van der Waals surface area contributed by atoms with Gasteiger partial charge in [0.15, 0.2) is 0 Å². The molecule has 1 N–H and O–H groups in total. The first-order chi connectivity index (χ1) is 15.4. The van der Waals surface area contributed by atoms with Crippen molar-refractivity contribution in [2.45, 2.75) is 32.9 Å². The van der Waals surface area contributed by atoms with Gasteiger partial charge in [-0.05, 0) is 48.7 Å². The number of hydrazine groups is 2. The SMILES string of the molecule is CCOC(=O)CCCN(C)N1Cc2ccc(Cl)cc2C(=NCc2ccc(OC)c(Cl)c2)N1. The molecule has 2 aromatic carbocycles. The van der Waals surface area contributed by atoms with Crippen molar-refractivity contribution in [3.05, 3.63) is 63.1 Å². The number of nitrogens with one attached hydrogen (secondary N) is 1. The Hall–Kier alpha value is -2.32. The van der Waals surface area contributed by atoms with E-state index >= 15 is 0 Å². The van der Waals surface area contributed by atoms with Crippen molar-refractivity contribution >= 4 is 35.0 Å². The van der Waals surface area contributed by atoms with E-state index in [4.69, 9.17) is 37.7 Å². The summed E-state index contributed by atoms with van der Waals surface area (Å²) in [6.07, 6.45) is 1.08. The molecule has 172 valence electrons. The molecule has 0 aliphatic carbocycles. The zero-order valence-corrected chi connectivity index (χ0v) is 20.0. The summed E-state index contributed by atoms with van der Waals surface area (Å²) in [6, 6.07) is 11.4. The van der Waals surface area contributed by atoms with Crippen LogP contribution < -0.4 is 10.2 Å². The smallest absolute Gasteiger partial charge is 0.305 e. The number of halogens is 2. The van der Waals surface area contributed by atoms with Gasteiger partial charge in [-0.1, -0.05) is 35.3 Å². The third-order valence-electron chi connectivity index (χ3n) is 5.10. The van der Waals surface area contributed by atoms with Crippen molar-refractivity contribution in [3.8, 4) is 5.75 Å². The number of ether oxygens (including phenoxy) is 2. The van der Waals surface area contributed by atoms with Crippen LogP contribution in [0.2, 0.25) is 10.0 Å². The molecule has 0 unspecified atom stereocenters. The van der Waals surface area contributed by atoms with Gasteiger partial charge in [0.1, 0.15) is 11.6 Å². The second-order valence-corrected chi connectivity index (χ2v) is 8.24. The Morgan fingerprint density at radius 1 is 1.25 bits per heavy atom. The number of methoxy groups -OCH3 is 1. The van der Waals surface area contributed by atoms with Crippen LogP contribution in [0.15, 0.2) is 41.4 Å². The normalized spacial score (nSPS) is 14.9. The number of fused-ring (bicyclic) bond motifs is 1. The molecule has 0 bridgehead atoms. The predicted octanol–water partition coefficient (Wildman–Crippen LogP) is 4.46. The molecule has 0 saturated carbocycles. The number of nitrogens with zero attached hydrogens (tertiary/aromatic N) is 3. The molecule has 1 heterocycles. The van der Waals surface area contributed by atoms with Crippen molar-refractivity contribution in [3.63, 3.8) is 0 Å². The van der Waals surface area contributed by atoms with Crippen LogP contribution >= 0.6 is 23.2 Å². The zero-order chi connectivity index (χ0) is 23.1. The second-order valence-electron chi connectivity index (χ2n) is 7.39. The molecule has 0 spiro atoms. The summed E-state index contributed by atoms with van der Waals surface area (Å²) < 4.78 is 10.2. The lowest BCUT2D eigenvalue weighted by Gasteiger charge is -2.37. The van der Waals surface area contributed by atoms with Gasteiger partial charge in [0.2, 0.25) is 0 Å². The number of hydrogen-bond donors (Lipinski definition) is 1. The molecule has 0 saturated heterocycles. The van der Waals surface area contributed by atoms with E-state index < -0.39 is 0 Å². The fourth-order valence-corrected chi connectivity index (χ4v) is 3.85. The summed E-state index contributed by atoms with van der Waals surface area (Å²) in [6.45, 7) is 4.00. The van der Waals surface area contributed by atoms with E-state index in [0.717, 1.165) is 22.5 Å². The minimum atomic E-state index is -0.173. The van der Waals surface area contributed by atoms with Crippen LogP contribution in [0, 0.1) is 0 Å². The van der Waals surface area contributed by atoms with E-state index in [9.17, 15) is 4.79 Å². The standard InChI is InChI=1S/C23H28Cl2N4O3/c1-4-32-22(30)6-5-11-28(2)29-15-17-8-9-18(24)13-19(17)23(27-29)26-14-16-7-10-21(31-3)20(25)12-16/h7-10,12-13H,4-6,11,14-15H2,1-3H3,(H,26,27). The first-order valence-electron chi connectivity index (χ1n) is 10.5. The molecule has 2 aromatic rings. The highest BCUT2D eigenvalue weighted by Crippen LogP contribution is 2.26. The predicted molar refractivity (Wildman–Crippen MR) is 127 cm³/mol. The Morgan fingerprint density at radius 3 is 2.78 bits per heavy atom. The van der Waals surface area contributed by atoms with Gasteiger partial charge in [-0.3, -0.25) is 15.2 Å². The Balaban J connectivity index is 1.74. The van der Waals surface area contributed by atoms with Crippen molar-refractivity contribution in [2.24, 2.45) is 4.99 Å². The van der Waals surface area contributed by atoms with Crippen LogP contribution in [-0.2, 0) is 22.6 Å². The summed E-state index contributed by atoms with van der Waals surface area (Å²) in [7, 11) is 3.56. The molecule has 0 atom stereocenters.